The molecule has 0 amide bonds. The van der Waals surface area contributed by atoms with Crippen molar-refractivity contribution in [2.45, 2.75) is 46.5 Å². The van der Waals surface area contributed by atoms with Crippen LogP contribution in [0.2, 0.25) is 5.15 Å². The van der Waals surface area contributed by atoms with Crippen molar-refractivity contribution >= 4 is 27.5 Å². The Kier molecular flexibility index (Phi) is 6.21. The summed E-state index contributed by atoms with van der Waals surface area (Å²) in [5, 5.41) is 0.509. The van der Waals surface area contributed by atoms with Crippen LogP contribution in [0.25, 0.3) is 0 Å². The van der Waals surface area contributed by atoms with E-state index in [0.29, 0.717) is 5.15 Å². The summed E-state index contributed by atoms with van der Waals surface area (Å²) in [6.07, 6.45) is 0.831. The highest BCUT2D eigenvalue weighted by molar-refractivity contribution is 9.10. The minimum absolute atomic E-state index is 0.0463. The molecule has 3 nitrogen and oxygen atoms in total. The van der Waals surface area contributed by atoms with Crippen LogP contribution in [0.15, 0.2) is 4.47 Å². The number of aromatic nitrogens is 2. The molecule has 0 bridgehead atoms. The van der Waals surface area contributed by atoms with E-state index in [2.05, 4.69) is 65.4 Å². The van der Waals surface area contributed by atoms with Gasteiger partial charge >= 0.3 is 0 Å². The molecule has 1 aromatic rings. The number of likely N-dealkylation sites (N-methyl/N-ethyl adjacent to an activating group) is 1. The number of hydrogen-bond donors (Lipinski definition) is 0. The molecule has 0 N–H and O–H groups in total. The lowest BCUT2D eigenvalue weighted by molar-refractivity contribution is 0.305. The molecule has 0 spiro atoms. The van der Waals surface area contributed by atoms with E-state index in [-0.39, 0.29) is 5.41 Å². The molecule has 0 aliphatic heterocycles. The van der Waals surface area contributed by atoms with Gasteiger partial charge in [0.25, 0.3) is 0 Å². The maximum absolute atomic E-state index is 6.20. The Morgan fingerprint density at radius 1 is 1.16 bits per heavy atom. The van der Waals surface area contributed by atoms with Crippen LogP contribution >= 0.6 is 27.5 Å². The van der Waals surface area contributed by atoms with Gasteiger partial charge in [-0.1, -0.05) is 46.2 Å². The molecule has 5 heteroatoms. The Labute approximate surface area is 129 Å². The average molecular weight is 349 g/mol. The first-order chi connectivity index (χ1) is 8.79. The lowest BCUT2D eigenvalue weighted by Gasteiger charge is -2.21. The number of rotatable bonds is 5. The van der Waals surface area contributed by atoms with Gasteiger partial charge in [0.1, 0.15) is 11.0 Å². The maximum Gasteiger partial charge on any atom is 0.147 e. The largest absolute Gasteiger partial charge is 0.303 e. The summed E-state index contributed by atoms with van der Waals surface area (Å²) in [6.45, 7) is 13.8. The van der Waals surface area contributed by atoms with Gasteiger partial charge in [-0.05, 0) is 29.0 Å². The van der Waals surface area contributed by atoms with E-state index in [1.807, 2.05) is 0 Å². The topological polar surface area (TPSA) is 29.0 Å². The van der Waals surface area contributed by atoms with E-state index >= 15 is 0 Å². The van der Waals surface area contributed by atoms with Crippen molar-refractivity contribution in [2.75, 3.05) is 19.6 Å². The highest BCUT2D eigenvalue weighted by atomic mass is 79.9. The third kappa shape index (κ3) is 4.69. The van der Waals surface area contributed by atoms with Crippen molar-refractivity contribution in [3.63, 3.8) is 0 Å². The molecule has 0 aromatic carbocycles. The van der Waals surface area contributed by atoms with Crippen molar-refractivity contribution in [1.29, 1.82) is 0 Å². The zero-order valence-electron chi connectivity index (χ0n) is 12.4. The Balaban J connectivity index is 2.95. The second kappa shape index (κ2) is 7.00. The van der Waals surface area contributed by atoms with Crippen LogP contribution in [-0.2, 0) is 11.8 Å². The van der Waals surface area contributed by atoms with Crippen molar-refractivity contribution in [2.24, 2.45) is 0 Å². The SMILES string of the molecule is CCN(CC)CCc1nc(Cl)c(Br)c(C(C)(C)C)n1. The number of halogens is 2. The molecule has 0 fully saturated rings. The summed E-state index contributed by atoms with van der Waals surface area (Å²) in [7, 11) is 0. The lowest BCUT2D eigenvalue weighted by atomic mass is 9.92. The molecule has 108 valence electrons. The first-order valence-corrected chi connectivity index (χ1v) is 7.91. The fraction of sp³-hybridized carbons (Fsp3) is 0.714. The predicted molar refractivity (Wildman–Crippen MR) is 84.9 cm³/mol. The van der Waals surface area contributed by atoms with Crippen LogP contribution in [0.4, 0.5) is 0 Å². The van der Waals surface area contributed by atoms with Crippen molar-refractivity contribution in [3.05, 3.63) is 21.1 Å². The van der Waals surface area contributed by atoms with Gasteiger partial charge < -0.3 is 4.90 Å². The quantitative estimate of drug-likeness (QED) is 0.751. The highest BCUT2D eigenvalue weighted by Crippen LogP contribution is 2.32. The zero-order valence-corrected chi connectivity index (χ0v) is 14.8. The monoisotopic (exact) mass is 347 g/mol. The summed E-state index contributed by atoms with van der Waals surface area (Å²) in [5.41, 5.74) is 0.928. The van der Waals surface area contributed by atoms with Gasteiger partial charge in [-0.3, -0.25) is 0 Å². The standard InChI is InChI=1S/C14H23BrClN3/c1-6-19(7-2)9-8-10-17-12(14(3,4)5)11(15)13(16)18-10/h6-9H2,1-5H3. The molecule has 1 heterocycles. The van der Waals surface area contributed by atoms with Gasteiger partial charge in [0.2, 0.25) is 0 Å². The molecular weight excluding hydrogens is 326 g/mol. The van der Waals surface area contributed by atoms with Crippen LogP contribution in [0.1, 0.15) is 46.1 Å². The highest BCUT2D eigenvalue weighted by Gasteiger charge is 2.22. The van der Waals surface area contributed by atoms with Crippen molar-refractivity contribution in [1.82, 2.24) is 14.9 Å². The molecule has 1 aromatic heterocycles. The fourth-order valence-electron chi connectivity index (χ4n) is 1.87. The van der Waals surface area contributed by atoms with E-state index in [9.17, 15) is 0 Å². The second-order valence-corrected chi connectivity index (χ2v) is 6.77. The summed E-state index contributed by atoms with van der Waals surface area (Å²) >= 11 is 9.69. The van der Waals surface area contributed by atoms with Gasteiger partial charge in [-0.25, -0.2) is 9.97 Å². The minimum atomic E-state index is -0.0463. The Morgan fingerprint density at radius 3 is 2.21 bits per heavy atom. The fourth-order valence-corrected chi connectivity index (χ4v) is 2.83. The summed E-state index contributed by atoms with van der Waals surface area (Å²) in [5.74, 6) is 0.824. The van der Waals surface area contributed by atoms with Gasteiger partial charge in [-0.15, -0.1) is 0 Å². The third-order valence-electron chi connectivity index (χ3n) is 3.11. The van der Waals surface area contributed by atoms with Gasteiger partial charge in [0.05, 0.1) is 10.2 Å². The second-order valence-electron chi connectivity index (χ2n) is 5.62. The number of nitrogens with zero attached hydrogens (tertiary/aromatic N) is 3. The molecule has 0 saturated heterocycles. The molecule has 0 saturated carbocycles. The third-order valence-corrected chi connectivity index (χ3v) is 4.37. The Morgan fingerprint density at radius 2 is 1.74 bits per heavy atom. The van der Waals surface area contributed by atoms with Crippen molar-refractivity contribution < 1.29 is 0 Å². The van der Waals surface area contributed by atoms with Crippen molar-refractivity contribution in [3.8, 4) is 0 Å². The van der Waals surface area contributed by atoms with E-state index in [4.69, 9.17) is 11.6 Å². The molecular formula is C14H23BrClN3. The molecule has 0 aliphatic carbocycles. The van der Waals surface area contributed by atoms with Gasteiger partial charge in [0, 0.05) is 18.4 Å². The van der Waals surface area contributed by atoms with Gasteiger partial charge in [0.15, 0.2) is 0 Å². The maximum atomic E-state index is 6.20. The van der Waals surface area contributed by atoms with Gasteiger partial charge in [-0.2, -0.15) is 0 Å². The van der Waals surface area contributed by atoms with E-state index < -0.39 is 0 Å². The molecule has 0 aliphatic rings. The van der Waals surface area contributed by atoms with Crippen LogP contribution in [-0.4, -0.2) is 34.5 Å². The van der Waals surface area contributed by atoms with Crippen LogP contribution < -0.4 is 0 Å². The Hall–Kier alpha value is -0.190. The minimum Gasteiger partial charge on any atom is -0.303 e. The number of hydrogen-bond acceptors (Lipinski definition) is 3. The smallest absolute Gasteiger partial charge is 0.147 e. The Bertz CT molecular complexity index is 425. The molecule has 0 unspecified atom stereocenters. The van der Waals surface area contributed by atoms with Crippen LogP contribution in [0.3, 0.4) is 0 Å². The average Bonchev–Trinajstić information content (AvgIpc) is 2.33. The van der Waals surface area contributed by atoms with E-state index in [1.54, 1.807) is 0 Å². The molecule has 1 rings (SSSR count). The van der Waals surface area contributed by atoms with Crippen LogP contribution in [0, 0.1) is 0 Å². The summed E-state index contributed by atoms with van der Waals surface area (Å²) in [6, 6.07) is 0. The van der Waals surface area contributed by atoms with E-state index in [1.165, 1.54) is 0 Å². The lowest BCUT2D eigenvalue weighted by Crippen LogP contribution is -2.26. The molecule has 0 radical (unpaired) electrons. The summed E-state index contributed by atoms with van der Waals surface area (Å²) < 4.78 is 0.813. The first-order valence-electron chi connectivity index (χ1n) is 6.74. The summed E-state index contributed by atoms with van der Waals surface area (Å²) in [4.78, 5) is 11.4. The molecule has 0 atom stereocenters. The van der Waals surface area contributed by atoms with E-state index in [0.717, 1.165) is 42.0 Å². The molecule has 19 heavy (non-hydrogen) atoms. The predicted octanol–water partition coefficient (Wildman–Crippen LogP) is 4.07. The normalized spacial score (nSPS) is 12.2. The zero-order chi connectivity index (χ0) is 14.6. The first kappa shape index (κ1) is 16.9. The van der Waals surface area contributed by atoms with Crippen LogP contribution in [0.5, 0.6) is 0 Å².